The molecular formula is C23H18Cl2N2O4S2. The lowest BCUT2D eigenvalue weighted by molar-refractivity contribution is 0.0606. The maximum atomic E-state index is 11.4. The molecule has 2 aromatic heterocycles. The molecule has 4 aromatic rings. The standard InChI is InChI=1S/C12H10ClNO2S.C11H8ClNO2S/c1-16-12(15)11-9(14)6-10(17-11)7-2-4-8(13)5-3-7;12-7-3-1-6(2-4-7)9-5-8(13)10(16-9)11(14)15/h2-6H,14H2,1H3;1-5H,13H2,(H,14,15). The fourth-order valence-electron chi connectivity index (χ4n) is 2.74. The molecule has 0 radical (unpaired) electrons. The number of nitrogens with two attached hydrogens (primary N) is 2. The van der Waals surface area contributed by atoms with Crippen molar-refractivity contribution in [2.45, 2.75) is 0 Å². The number of halogens is 2. The number of ether oxygens (including phenoxy) is 1. The van der Waals surface area contributed by atoms with Crippen LogP contribution in [0.4, 0.5) is 11.4 Å². The Labute approximate surface area is 208 Å². The van der Waals surface area contributed by atoms with Crippen molar-refractivity contribution in [2.75, 3.05) is 18.6 Å². The lowest BCUT2D eigenvalue weighted by Gasteiger charge is -1.96. The van der Waals surface area contributed by atoms with Crippen LogP contribution in [-0.2, 0) is 4.74 Å². The van der Waals surface area contributed by atoms with Gasteiger partial charge in [-0.05, 0) is 47.5 Å². The molecule has 0 amide bonds. The molecular weight excluding hydrogens is 503 g/mol. The van der Waals surface area contributed by atoms with Crippen LogP contribution in [0, 0.1) is 0 Å². The molecule has 0 aliphatic carbocycles. The number of rotatable bonds is 4. The van der Waals surface area contributed by atoms with Crippen molar-refractivity contribution in [2.24, 2.45) is 0 Å². The van der Waals surface area contributed by atoms with Gasteiger partial charge in [0.15, 0.2) is 0 Å². The maximum absolute atomic E-state index is 11.4. The van der Waals surface area contributed by atoms with E-state index in [4.69, 9.17) is 39.8 Å². The number of hydrogen-bond acceptors (Lipinski definition) is 7. The fourth-order valence-corrected chi connectivity index (χ4v) is 4.92. The number of nitrogen functional groups attached to an aromatic ring is 2. The minimum absolute atomic E-state index is 0.171. The van der Waals surface area contributed by atoms with Gasteiger partial charge in [0.25, 0.3) is 0 Å². The van der Waals surface area contributed by atoms with Crippen LogP contribution < -0.4 is 11.5 Å². The summed E-state index contributed by atoms with van der Waals surface area (Å²) in [5, 5.41) is 10.2. The highest BCUT2D eigenvalue weighted by Gasteiger charge is 2.15. The minimum Gasteiger partial charge on any atom is -0.477 e. The number of carboxylic acids is 1. The Morgan fingerprint density at radius 3 is 1.55 bits per heavy atom. The molecule has 0 saturated heterocycles. The highest BCUT2D eigenvalue weighted by Crippen LogP contribution is 2.35. The number of hydrogen-bond donors (Lipinski definition) is 3. The number of esters is 1. The van der Waals surface area contributed by atoms with Crippen molar-refractivity contribution < 1.29 is 19.4 Å². The number of aromatic carboxylic acids is 1. The van der Waals surface area contributed by atoms with E-state index in [1.54, 1.807) is 36.4 Å². The summed E-state index contributed by atoms with van der Waals surface area (Å²) in [7, 11) is 1.34. The van der Waals surface area contributed by atoms with E-state index in [-0.39, 0.29) is 4.88 Å². The van der Waals surface area contributed by atoms with Gasteiger partial charge in [-0.2, -0.15) is 0 Å². The average Bonchev–Trinajstić information content (AvgIpc) is 3.37. The molecule has 10 heteroatoms. The molecule has 0 saturated carbocycles. The van der Waals surface area contributed by atoms with Crippen molar-refractivity contribution in [1.29, 1.82) is 0 Å². The quantitative estimate of drug-likeness (QED) is 0.255. The van der Waals surface area contributed by atoms with Gasteiger partial charge in [-0.1, -0.05) is 47.5 Å². The van der Waals surface area contributed by atoms with Crippen LogP contribution in [0.1, 0.15) is 19.3 Å². The Bertz CT molecular complexity index is 1280. The first-order valence-electron chi connectivity index (χ1n) is 9.31. The van der Waals surface area contributed by atoms with Crippen LogP contribution in [0.25, 0.3) is 20.9 Å². The zero-order valence-corrected chi connectivity index (χ0v) is 20.3. The summed E-state index contributed by atoms with van der Waals surface area (Å²) in [6.07, 6.45) is 0. The van der Waals surface area contributed by atoms with E-state index in [0.717, 1.165) is 32.2 Å². The van der Waals surface area contributed by atoms with Gasteiger partial charge in [0, 0.05) is 19.8 Å². The molecule has 0 aliphatic rings. The maximum Gasteiger partial charge on any atom is 0.350 e. The van der Waals surface area contributed by atoms with Crippen LogP contribution in [-0.4, -0.2) is 24.2 Å². The number of anilines is 2. The second-order valence-electron chi connectivity index (χ2n) is 6.60. The van der Waals surface area contributed by atoms with Gasteiger partial charge in [-0.25, -0.2) is 9.59 Å². The zero-order valence-electron chi connectivity index (χ0n) is 17.2. The van der Waals surface area contributed by atoms with E-state index in [9.17, 15) is 9.59 Å². The summed E-state index contributed by atoms with van der Waals surface area (Å²) in [6, 6.07) is 18.0. The van der Waals surface area contributed by atoms with Gasteiger partial charge >= 0.3 is 11.9 Å². The van der Waals surface area contributed by atoms with E-state index < -0.39 is 11.9 Å². The predicted octanol–water partition coefficient (Wildman–Crippen LogP) is 6.79. The Balaban J connectivity index is 0.000000186. The van der Waals surface area contributed by atoms with Crippen molar-refractivity contribution in [3.05, 3.63) is 80.5 Å². The van der Waals surface area contributed by atoms with Gasteiger partial charge in [0.05, 0.1) is 18.5 Å². The fraction of sp³-hybridized carbons (Fsp3) is 0.0435. The summed E-state index contributed by atoms with van der Waals surface area (Å²) < 4.78 is 4.66. The first-order valence-corrected chi connectivity index (χ1v) is 11.7. The summed E-state index contributed by atoms with van der Waals surface area (Å²) >= 11 is 14.1. The van der Waals surface area contributed by atoms with Crippen molar-refractivity contribution >= 4 is 69.2 Å². The molecule has 33 heavy (non-hydrogen) atoms. The van der Waals surface area contributed by atoms with E-state index >= 15 is 0 Å². The van der Waals surface area contributed by atoms with Crippen molar-refractivity contribution in [1.82, 2.24) is 0 Å². The first-order chi connectivity index (χ1) is 15.7. The monoisotopic (exact) mass is 520 g/mol. The topological polar surface area (TPSA) is 116 Å². The molecule has 5 N–H and O–H groups in total. The molecule has 2 aromatic carbocycles. The van der Waals surface area contributed by atoms with E-state index in [0.29, 0.717) is 26.3 Å². The Morgan fingerprint density at radius 1 is 0.788 bits per heavy atom. The molecule has 4 rings (SSSR count). The van der Waals surface area contributed by atoms with E-state index in [2.05, 4.69) is 4.74 Å². The van der Waals surface area contributed by atoms with Gasteiger partial charge < -0.3 is 21.3 Å². The first kappa shape index (κ1) is 24.6. The molecule has 0 bridgehead atoms. The van der Waals surface area contributed by atoms with Gasteiger partial charge in [-0.3, -0.25) is 0 Å². The van der Waals surface area contributed by atoms with Crippen LogP contribution in [0.3, 0.4) is 0 Å². The summed E-state index contributed by atoms with van der Waals surface area (Å²) in [5.41, 5.74) is 14.0. The number of carbonyl (C=O) groups is 2. The van der Waals surface area contributed by atoms with Crippen LogP contribution in [0.2, 0.25) is 10.0 Å². The van der Waals surface area contributed by atoms with Crippen LogP contribution >= 0.6 is 45.9 Å². The van der Waals surface area contributed by atoms with Crippen LogP contribution in [0.15, 0.2) is 60.7 Å². The third-order valence-corrected chi connectivity index (χ3v) is 7.22. The molecule has 0 fully saturated rings. The van der Waals surface area contributed by atoms with E-state index in [1.807, 2.05) is 24.3 Å². The number of carbonyl (C=O) groups excluding carboxylic acids is 1. The SMILES string of the molecule is COC(=O)c1sc(-c2ccc(Cl)cc2)cc1N.Nc1cc(-c2ccc(Cl)cc2)sc1C(=O)O. The number of carboxylic acid groups (broad SMARTS) is 1. The highest BCUT2D eigenvalue weighted by molar-refractivity contribution is 7.18. The number of methoxy groups -OCH3 is 1. The molecule has 6 nitrogen and oxygen atoms in total. The second-order valence-corrected chi connectivity index (χ2v) is 9.58. The van der Waals surface area contributed by atoms with Crippen LogP contribution in [0.5, 0.6) is 0 Å². The Hall–Kier alpha value is -3.04. The third kappa shape index (κ3) is 6.06. The predicted molar refractivity (Wildman–Crippen MR) is 137 cm³/mol. The van der Waals surface area contributed by atoms with Gasteiger partial charge in [-0.15, -0.1) is 22.7 Å². The number of thiophene rings is 2. The average molecular weight is 521 g/mol. The van der Waals surface area contributed by atoms with Gasteiger partial charge in [0.2, 0.25) is 0 Å². The second kappa shape index (κ2) is 10.7. The summed E-state index contributed by atoms with van der Waals surface area (Å²) in [6.45, 7) is 0. The van der Waals surface area contributed by atoms with Crippen molar-refractivity contribution in [3.63, 3.8) is 0 Å². The Morgan fingerprint density at radius 2 is 1.18 bits per heavy atom. The summed E-state index contributed by atoms with van der Waals surface area (Å²) in [5.74, 6) is -1.41. The third-order valence-electron chi connectivity index (χ3n) is 4.34. The van der Waals surface area contributed by atoms with Crippen molar-refractivity contribution in [3.8, 4) is 20.9 Å². The summed E-state index contributed by atoms with van der Waals surface area (Å²) in [4.78, 5) is 24.6. The molecule has 0 aliphatic heterocycles. The van der Waals surface area contributed by atoms with E-state index in [1.165, 1.54) is 18.4 Å². The molecule has 170 valence electrons. The Kier molecular flexibility index (Phi) is 7.99. The largest absolute Gasteiger partial charge is 0.477 e. The minimum atomic E-state index is -0.997. The smallest absolute Gasteiger partial charge is 0.350 e. The highest BCUT2D eigenvalue weighted by atomic mass is 35.5. The number of benzene rings is 2. The molecule has 0 spiro atoms. The normalized spacial score (nSPS) is 10.3. The van der Waals surface area contributed by atoms with Gasteiger partial charge in [0.1, 0.15) is 9.75 Å². The molecule has 2 heterocycles. The lowest BCUT2D eigenvalue weighted by atomic mass is 10.2. The molecule has 0 unspecified atom stereocenters. The molecule has 0 atom stereocenters. The zero-order chi connectivity index (χ0) is 24.1. The lowest BCUT2D eigenvalue weighted by Crippen LogP contribution is -2.00.